The van der Waals surface area contributed by atoms with Gasteiger partial charge in [0, 0.05) is 9.50 Å². The molecule has 0 bridgehead atoms. The number of rotatable bonds is 2. The molecule has 0 radical (unpaired) electrons. The molecule has 1 aromatic carbocycles. The first-order valence-corrected chi connectivity index (χ1v) is 7.74. The summed E-state index contributed by atoms with van der Waals surface area (Å²) in [6.45, 7) is 1.73. The molecule has 0 aromatic heterocycles. The quantitative estimate of drug-likeness (QED) is 0.885. The summed E-state index contributed by atoms with van der Waals surface area (Å²) >= 11 is 9.35. The molecule has 1 saturated heterocycles. The van der Waals surface area contributed by atoms with E-state index < -0.39 is 6.04 Å². The highest BCUT2D eigenvalue weighted by Gasteiger charge is 2.46. The van der Waals surface area contributed by atoms with Gasteiger partial charge in [0.2, 0.25) is 5.91 Å². The fraction of sp³-hybridized carbons (Fsp3) is 0.429. The number of halogens is 2. The van der Waals surface area contributed by atoms with E-state index in [-0.39, 0.29) is 23.8 Å². The monoisotopic (exact) mass is 356 g/mol. The Morgan fingerprint density at radius 2 is 2.05 bits per heavy atom. The van der Waals surface area contributed by atoms with E-state index in [1.807, 2.05) is 0 Å². The van der Waals surface area contributed by atoms with Gasteiger partial charge in [-0.1, -0.05) is 11.6 Å². The maximum Gasteiger partial charge on any atom is 0.250 e. The van der Waals surface area contributed by atoms with Crippen molar-refractivity contribution in [1.29, 1.82) is 0 Å². The summed E-state index contributed by atoms with van der Waals surface area (Å²) in [5.74, 6) is 0.137. The lowest BCUT2D eigenvalue weighted by Crippen LogP contribution is -2.63. The second-order valence-corrected chi connectivity index (χ2v) is 6.59. The molecule has 1 aliphatic heterocycles. The molecule has 1 heterocycles. The fourth-order valence-electron chi connectivity index (χ4n) is 2.55. The molecule has 1 N–H and O–H groups in total. The van der Waals surface area contributed by atoms with E-state index in [1.54, 1.807) is 30.0 Å². The molecule has 2 aliphatic rings. The first kappa shape index (κ1) is 13.9. The SMILES string of the molecule is CC1C(=O)NC(C2CC2)C(=O)N1c1ccc(Cl)cc1Br. The van der Waals surface area contributed by atoms with Gasteiger partial charge in [0.15, 0.2) is 0 Å². The van der Waals surface area contributed by atoms with Gasteiger partial charge in [-0.3, -0.25) is 14.5 Å². The lowest BCUT2D eigenvalue weighted by atomic mass is 10.0. The van der Waals surface area contributed by atoms with Crippen molar-refractivity contribution in [3.8, 4) is 0 Å². The van der Waals surface area contributed by atoms with Crippen LogP contribution >= 0.6 is 27.5 Å². The highest BCUT2D eigenvalue weighted by molar-refractivity contribution is 9.10. The highest BCUT2D eigenvalue weighted by Crippen LogP contribution is 2.38. The molecule has 6 heteroatoms. The van der Waals surface area contributed by atoms with Crippen molar-refractivity contribution < 1.29 is 9.59 Å². The Morgan fingerprint density at radius 3 is 2.65 bits per heavy atom. The first-order valence-electron chi connectivity index (χ1n) is 6.57. The maximum absolute atomic E-state index is 12.7. The summed E-state index contributed by atoms with van der Waals surface area (Å²) in [6.07, 6.45) is 2.00. The second kappa shape index (κ2) is 5.04. The molecule has 3 rings (SSSR count). The predicted octanol–water partition coefficient (Wildman–Crippen LogP) is 2.73. The number of piperazine rings is 1. The summed E-state index contributed by atoms with van der Waals surface area (Å²) in [4.78, 5) is 26.3. The Hall–Kier alpha value is -1.07. The zero-order valence-corrected chi connectivity index (χ0v) is 13.2. The molecule has 2 atom stereocenters. The van der Waals surface area contributed by atoms with Gasteiger partial charge in [-0.2, -0.15) is 0 Å². The molecule has 2 amide bonds. The number of benzene rings is 1. The van der Waals surface area contributed by atoms with Crippen LogP contribution in [-0.4, -0.2) is 23.9 Å². The summed E-state index contributed by atoms with van der Waals surface area (Å²) in [6, 6.07) is 4.32. The van der Waals surface area contributed by atoms with Crippen LogP contribution in [0.3, 0.4) is 0 Å². The lowest BCUT2D eigenvalue weighted by molar-refractivity contribution is -0.134. The normalized spacial score (nSPS) is 26.6. The van der Waals surface area contributed by atoms with Gasteiger partial charge in [-0.05, 0) is 59.8 Å². The summed E-state index contributed by atoms with van der Waals surface area (Å²) in [5, 5.41) is 3.42. The zero-order chi connectivity index (χ0) is 14.4. The van der Waals surface area contributed by atoms with E-state index in [4.69, 9.17) is 11.6 Å². The van der Waals surface area contributed by atoms with Crippen LogP contribution in [0.1, 0.15) is 19.8 Å². The van der Waals surface area contributed by atoms with Gasteiger partial charge in [0.25, 0.3) is 5.91 Å². The third-order valence-electron chi connectivity index (χ3n) is 3.83. The zero-order valence-electron chi connectivity index (χ0n) is 10.9. The van der Waals surface area contributed by atoms with Crippen LogP contribution in [0.25, 0.3) is 0 Å². The Balaban J connectivity index is 1.99. The largest absolute Gasteiger partial charge is 0.342 e. The van der Waals surface area contributed by atoms with Crippen molar-refractivity contribution in [2.45, 2.75) is 31.8 Å². The number of hydrogen-bond acceptors (Lipinski definition) is 2. The number of nitrogens with zero attached hydrogens (tertiary/aromatic N) is 1. The minimum Gasteiger partial charge on any atom is -0.342 e. The third kappa shape index (κ3) is 2.33. The van der Waals surface area contributed by atoms with Crippen molar-refractivity contribution in [3.63, 3.8) is 0 Å². The van der Waals surface area contributed by atoms with E-state index >= 15 is 0 Å². The van der Waals surface area contributed by atoms with Crippen molar-refractivity contribution >= 4 is 45.0 Å². The van der Waals surface area contributed by atoms with Gasteiger partial charge >= 0.3 is 0 Å². The standard InChI is InChI=1S/C14H14BrClN2O2/c1-7-13(19)17-12(8-2-3-8)14(20)18(7)11-5-4-9(16)6-10(11)15/h4-8,12H,2-3H2,1H3,(H,17,19). The van der Waals surface area contributed by atoms with E-state index in [0.717, 1.165) is 17.3 Å². The average molecular weight is 358 g/mol. The number of anilines is 1. The van der Waals surface area contributed by atoms with Gasteiger partial charge < -0.3 is 5.32 Å². The summed E-state index contributed by atoms with van der Waals surface area (Å²) in [5.41, 5.74) is 0.687. The minimum atomic E-state index is -0.519. The van der Waals surface area contributed by atoms with Gasteiger partial charge in [0.05, 0.1) is 5.69 Å². The molecular formula is C14H14BrClN2O2. The first-order chi connectivity index (χ1) is 9.49. The fourth-order valence-corrected chi connectivity index (χ4v) is 3.42. The Bertz CT molecular complexity index is 589. The van der Waals surface area contributed by atoms with Crippen LogP contribution in [0.15, 0.2) is 22.7 Å². The van der Waals surface area contributed by atoms with Crippen LogP contribution in [0.2, 0.25) is 5.02 Å². The molecule has 20 heavy (non-hydrogen) atoms. The average Bonchev–Trinajstić information content (AvgIpc) is 3.21. The van der Waals surface area contributed by atoms with Crippen LogP contribution in [0.5, 0.6) is 0 Å². The van der Waals surface area contributed by atoms with Gasteiger partial charge in [-0.25, -0.2) is 0 Å². The molecule has 2 unspecified atom stereocenters. The number of amides is 2. The topological polar surface area (TPSA) is 49.4 Å². The van der Waals surface area contributed by atoms with Gasteiger partial charge in [0.1, 0.15) is 12.1 Å². The molecule has 106 valence electrons. The van der Waals surface area contributed by atoms with Crippen LogP contribution in [0, 0.1) is 5.92 Å². The third-order valence-corrected chi connectivity index (χ3v) is 4.70. The van der Waals surface area contributed by atoms with E-state index in [0.29, 0.717) is 10.7 Å². The van der Waals surface area contributed by atoms with Crippen LogP contribution in [-0.2, 0) is 9.59 Å². The molecule has 4 nitrogen and oxygen atoms in total. The number of hydrogen-bond donors (Lipinski definition) is 1. The smallest absolute Gasteiger partial charge is 0.250 e. The number of carbonyl (C=O) groups excluding carboxylic acids is 2. The summed E-state index contributed by atoms with van der Waals surface area (Å²) in [7, 11) is 0. The molecule has 1 saturated carbocycles. The Morgan fingerprint density at radius 1 is 1.35 bits per heavy atom. The van der Waals surface area contributed by atoms with Crippen molar-refractivity contribution in [2.75, 3.05) is 4.90 Å². The maximum atomic E-state index is 12.7. The van der Waals surface area contributed by atoms with E-state index in [2.05, 4.69) is 21.2 Å². The predicted molar refractivity (Wildman–Crippen MR) is 80.8 cm³/mol. The number of nitrogens with one attached hydrogen (secondary N) is 1. The molecule has 1 aliphatic carbocycles. The van der Waals surface area contributed by atoms with Crippen molar-refractivity contribution in [3.05, 3.63) is 27.7 Å². The minimum absolute atomic E-state index is 0.0392. The molecule has 0 spiro atoms. The number of carbonyl (C=O) groups is 2. The van der Waals surface area contributed by atoms with Gasteiger partial charge in [-0.15, -0.1) is 0 Å². The van der Waals surface area contributed by atoms with Crippen molar-refractivity contribution in [1.82, 2.24) is 5.32 Å². The molecule has 2 fully saturated rings. The summed E-state index contributed by atoms with van der Waals surface area (Å²) < 4.78 is 0.717. The Kier molecular flexibility index (Phi) is 3.50. The molecule has 1 aromatic rings. The second-order valence-electron chi connectivity index (χ2n) is 5.30. The van der Waals surface area contributed by atoms with Crippen LogP contribution < -0.4 is 10.2 Å². The Labute approximate surface area is 130 Å². The molecular weight excluding hydrogens is 344 g/mol. The van der Waals surface area contributed by atoms with Crippen LogP contribution in [0.4, 0.5) is 5.69 Å². The van der Waals surface area contributed by atoms with E-state index in [9.17, 15) is 9.59 Å². The van der Waals surface area contributed by atoms with Crippen molar-refractivity contribution in [2.24, 2.45) is 5.92 Å². The highest BCUT2D eigenvalue weighted by atomic mass is 79.9. The lowest BCUT2D eigenvalue weighted by Gasteiger charge is -2.38. The van der Waals surface area contributed by atoms with E-state index in [1.165, 1.54) is 0 Å².